The van der Waals surface area contributed by atoms with Crippen LogP contribution in [0.15, 0.2) is 42.6 Å². The van der Waals surface area contributed by atoms with Gasteiger partial charge in [0.15, 0.2) is 0 Å². The minimum absolute atomic E-state index is 0.135. The average Bonchev–Trinajstić information content (AvgIpc) is 3.37. The van der Waals surface area contributed by atoms with Crippen molar-refractivity contribution in [2.24, 2.45) is 0 Å². The molecule has 6 heteroatoms. The maximum absolute atomic E-state index is 11.9. The number of methoxy groups -OCH3 is 2. The van der Waals surface area contributed by atoms with Gasteiger partial charge in [-0.05, 0) is 53.8 Å². The van der Waals surface area contributed by atoms with Gasteiger partial charge >= 0.3 is 11.9 Å². The molecule has 4 rings (SSSR count). The van der Waals surface area contributed by atoms with Crippen molar-refractivity contribution in [2.45, 2.75) is 45.3 Å². The van der Waals surface area contributed by atoms with Crippen molar-refractivity contribution < 1.29 is 23.8 Å². The van der Waals surface area contributed by atoms with Crippen LogP contribution in [0.3, 0.4) is 0 Å². The molecule has 0 spiro atoms. The Labute approximate surface area is 181 Å². The lowest BCUT2D eigenvalue weighted by Gasteiger charge is -2.12. The number of nitrogens with zero attached hydrogens (tertiary/aromatic N) is 1. The molecule has 3 aromatic rings. The first-order chi connectivity index (χ1) is 15.0. The predicted molar refractivity (Wildman–Crippen MR) is 117 cm³/mol. The van der Waals surface area contributed by atoms with E-state index in [1.807, 2.05) is 6.07 Å². The van der Waals surface area contributed by atoms with Crippen LogP contribution in [0.25, 0.3) is 10.9 Å². The molecule has 0 N–H and O–H groups in total. The zero-order valence-corrected chi connectivity index (χ0v) is 18.1. The average molecular weight is 421 g/mol. The quantitative estimate of drug-likeness (QED) is 0.512. The Kier molecular flexibility index (Phi) is 5.98. The van der Waals surface area contributed by atoms with Crippen LogP contribution in [0.2, 0.25) is 0 Å². The first-order valence-electron chi connectivity index (χ1n) is 10.6. The number of cyclic esters (lactones) is 1. The van der Waals surface area contributed by atoms with Crippen molar-refractivity contribution in [1.29, 1.82) is 0 Å². The van der Waals surface area contributed by atoms with Crippen LogP contribution in [-0.4, -0.2) is 30.7 Å². The molecule has 1 fully saturated rings. The number of carbonyl (C=O) groups excluding carboxylic acids is 2. The Morgan fingerprint density at radius 2 is 2.00 bits per heavy atom. The third kappa shape index (κ3) is 4.15. The molecule has 0 radical (unpaired) electrons. The first kappa shape index (κ1) is 21.0. The van der Waals surface area contributed by atoms with Crippen LogP contribution in [0.4, 0.5) is 0 Å². The van der Waals surface area contributed by atoms with E-state index < -0.39 is 0 Å². The van der Waals surface area contributed by atoms with Gasteiger partial charge in [0.2, 0.25) is 0 Å². The highest BCUT2D eigenvalue weighted by atomic mass is 16.5. The van der Waals surface area contributed by atoms with Crippen molar-refractivity contribution in [2.75, 3.05) is 14.2 Å². The highest BCUT2D eigenvalue weighted by molar-refractivity contribution is 5.90. The van der Waals surface area contributed by atoms with Gasteiger partial charge < -0.3 is 18.8 Å². The van der Waals surface area contributed by atoms with Gasteiger partial charge in [0.05, 0.1) is 19.8 Å². The van der Waals surface area contributed by atoms with Crippen LogP contribution < -0.4 is 4.74 Å². The molecule has 6 nitrogen and oxygen atoms in total. The second kappa shape index (κ2) is 8.84. The molecule has 1 saturated heterocycles. The lowest BCUT2D eigenvalue weighted by molar-refractivity contribution is -0.141. The van der Waals surface area contributed by atoms with E-state index in [1.54, 1.807) is 19.2 Å². The van der Waals surface area contributed by atoms with Crippen molar-refractivity contribution in [1.82, 2.24) is 4.57 Å². The Hall–Kier alpha value is -3.28. The highest BCUT2D eigenvalue weighted by Gasteiger charge is 2.25. The third-order valence-corrected chi connectivity index (χ3v) is 5.80. The fourth-order valence-corrected chi connectivity index (χ4v) is 4.26. The van der Waals surface area contributed by atoms with E-state index in [2.05, 4.69) is 35.9 Å². The molecule has 1 atom stereocenters. The number of hydrogen-bond acceptors (Lipinski definition) is 5. The van der Waals surface area contributed by atoms with Crippen molar-refractivity contribution in [3.05, 3.63) is 64.8 Å². The van der Waals surface area contributed by atoms with Crippen LogP contribution in [0, 0.1) is 0 Å². The minimum atomic E-state index is -0.389. The minimum Gasteiger partial charge on any atom is -0.496 e. The molecule has 1 aliphatic heterocycles. The summed E-state index contributed by atoms with van der Waals surface area (Å²) in [6, 6.07) is 11.7. The summed E-state index contributed by atoms with van der Waals surface area (Å²) in [6.45, 7) is 3.08. The standard InChI is InChI=1S/C25H27NO5/c1-4-11-26-15-19(12-16-5-6-18(25(28)30-3)14-23(16)29-2)20-13-17(7-8-21(20)26)22-9-10-24(27)31-22/h5-8,13-15,22H,4,9-12H2,1-3H3. The van der Waals surface area contributed by atoms with Crippen LogP contribution in [0.5, 0.6) is 5.75 Å². The van der Waals surface area contributed by atoms with Gasteiger partial charge in [-0.2, -0.15) is 0 Å². The number of fused-ring (bicyclic) bond motifs is 1. The summed E-state index contributed by atoms with van der Waals surface area (Å²) in [7, 11) is 2.97. The molecule has 1 aromatic heterocycles. The second-order valence-electron chi connectivity index (χ2n) is 7.84. The Morgan fingerprint density at radius 3 is 2.68 bits per heavy atom. The third-order valence-electron chi connectivity index (χ3n) is 5.80. The smallest absolute Gasteiger partial charge is 0.337 e. The molecule has 1 aliphatic rings. The summed E-state index contributed by atoms with van der Waals surface area (Å²) in [5, 5.41) is 1.15. The molecule has 0 aliphatic carbocycles. The number of hydrogen-bond donors (Lipinski definition) is 0. The Morgan fingerprint density at radius 1 is 1.16 bits per heavy atom. The summed E-state index contributed by atoms with van der Waals surface area (Å²) in [4.78, 5) is 23.5. The van der Waals surface area contributed by atoms with Gasteiger partial charge in [-0.25, -0.2) is 4.79 Å². The van der Waals surface area contributed by atoms with Gasteiger partial charge in [-0.15, -0.1) is 0 Å². The Bertz CT molecular complexity index is 1130. The molecular weight excluding hydrogens is 394 g/mol. The van der Waals surface area contributed by atoms with E-state index in [4.69, 9.17) is 14.2 Å². The normalized spacial score (nSPS) is 15.8. The molecule has 2 heterocycles. The lowest BCUT2D eigenvalue weighted by Crippen LogP contribution is -2.03. The zero-order chi connectivity index (χ0) is 22.0. The zero-order valence-electron chi connectivity index (χ0n) is 18.1. The number of ether oxygens (including phenoxy) is 3. The van der Waals surface area contributed by atoms with E-state index in [9.17, 15) is 9.59 Å². The summed E-state index contributed by atoms with van der Waals surface area (Å²) >= 11 is 0. The summed E-state index contributed by atoms with van der Waals surface area (Å²) in [5.74, 6) is 0.129. The topological polar surface area (TPSA) is 66.8 Å². The maximum Gasteiger partial charge on any atom is 0.337 e. The fraction of sp³-hybridized carbons (Fsp3) is 0.360. The van der Waals surface area contributed by atoms with E-state index in [1.165, 1.54) is 12.7 Å². The fourth-order valence-electron chi connectivity index (χ4n) is 4.26. The number of rotatable bonds is 7. The van der Waals surface area contributed by atoms with E-state index in [-0.39, 0.29) is 18.0 Å². The number of benzene rings is 2. The maximum atomic E-state index is 11.9. The summed E-state index contributed by atoms with van der Waals surface area (Å²) in [6.07, 6.45) is 4.89. The predicted octanol–water partition coefficient (Wildman–Crippen LogP) is 4.82. The molecule has 0 saturated carbocycles. The van der Waals surface area contributed by atoms with Crippen molar-refractivity contribution >= 4 is 22.8 Å². The molecule has 0 amide bonds. The summed E-state index contributed by atoms with van der Waals surface area (Å²) in [5.41, 5.74) is 4.81. The molecule has 0 bridgehead atoms. The van der Waals surface area contributed by atoms with E-state index >= 15 is 0 Å². The molecule has 1 unspecified atom stereocenters. The molecule has 162 valence electrons. The molecular formula is C25H27NO5. The van der Waals surface area contributed by atoms with Crippen LogP contribution >= 0.6 is 0 Å². The van der Waals surface area contributed by atoms with E-state index in [0.29, 0.717) is 24.2 Å². The largest absolute Gasteiger partial charge is 0.496 e. The van der Waals surface area contributed by atoms with Crippen LogP contribution in [-0.2, 0) is 27.2 Å². The molecule has 2 aromatic carbocycles. The van der Waals surface area contributed by atoms with Gasteiger partial charge in [0.1, 0.15) is 11.9 Å². The van der Waals surface area contributed by atoms with Gasteiger partial charge in [0, 0.05) is 36.5 Å². The first-order valence-corrected chi connectivity index (χ1v) is 10.6. The summed E-state index contributed by atoms with van der Waals surface area (Å²) < 4.78 is 18.1. The number of aryl methyl sites for hydroxylation is 1. The van der Waals surface area contributed by atoms with Gasteiger partial charge in [0.25, 0.3) is 0 Å². The van der Waals surface area contributed by atoms with Crippen molar-refractivity contribution in [3.8, 4) is 5.75 Å². The second-order valence-corrected chi connectivity index (χ2v) is 7.84. The van der Waals surface area contributed by atoms with E-state index in [0.717, 1.165) is 41.4 Å². The van der Waals surface area contributed by atoms with Crippen LogP contribution in [0.1, 0.15) is 59.3 Å². The van der Waals surface area contributed by atoms with Crippen molar-refractivity contribution in [3.63, 3.8) is 0 Å². The van der Waals surface area contributed by atoms with Gasteiger partial charge in [-0.1, -0.05) is 19.1 Å². The number of esters is 2. The lowest BCUT2D eigenvalue weighted by atomic mass is 9.99. The SMILES string of the molecule is CCCn1cc(Cc2ccc(C(=O)OC)cc2OC)c2cc(C3CCC(=O)O3)ccc21. The molecule has 31 heavy (non-hydrogen) atoms. The Balaban J connectivity index is 1.74. The monoisotopic (exact) mass is 421 g/mol. The number of aromatic nitrogens is 1. The number of carbonyl (C=O) groups is 2. The van der Waals surface area contributed by atoms with Gasteiger partial charge in [-0.3, -0.25) is 4.79 Å². The highest BCUT2D eigenvalue weighted by Crippen LogP contribution is 2.34.